The summed E-state index contributed by atoms with van der Waals surface area (Å²) < 4.78 is 4.84. The molecule has 1 aromatic carbocycles. The number of esters is 1. The molecule has 76 valence electrons. The lowest BCUT2D eigenvalue weighted by atomic mass is 10.1. The van der Waals surface area contributed by atoms with Crippen LogP contribution in [0, 0.1) is 0 Å². The Bertz CT molecular complexity index is 293. The molecule has 0 aliphatic carbocycles. The molecule has 3 heteroatoms. The number of ether oxygens (including phenoxy) is 1. The smallest absolute Gasteiger partial charge is 0.310 e. The molecule has 1 aromatic rings. The number of hydrogen-bond acceptors (Lipinski definition) is 3. The summed E-state index contributed by atoms with van der Waals surface area (Å²) in [5.41, 5.74) is 7.48. The lowest BCUT2D eigenvalue weighted by molar-refractivity contribution is -0.142. The first kappa shape index (κ1) is 10.7. The highest BCUT2D eigenvalue weighted by Crippen LogP contribution is 2.05. The summed E-state index contributed by atoms with van der Waals surface area (Å²) in [6.45, 7) is 2.76. The van der Waals surface area contributed by atoms with E-state index in [4.69, 9.17) is 10.5 Å². The van der Waals surface area contributed by atoms with Crippen molar-refractivity contribution in [3.8, 4) is 0 Å². The van der Waals surface area contributed by atoms with Crippen molar-refractivity contribution in [2.75, 3.05) is 6.61 Å². The van der Waals surface area contributed by atoms with Crippen LogP contribution in [0.4, 0.5) is 0 Å². The molecule has 14 heavy (non-hydrogen) atoms. The average molecular weight is 193 g/mol. The van der Waals surface area contributed by atoms with E-state index in [1.165, 1.54) is 0 Å². The predicted octanol–water partition coefficient (Wildman–Crippen LogP) is 1.25. The van der Waals surface area contributed by atoms with Gasteiger partial charge >= 0.3 is 5.97 Å². The molecule has 0 bridgehead atoms. The van der Waals surface area contributed by atoms with Crippen molar-refractivity contribution in [1.82, 2.24) is 0 Å². The zero-order chi connectivity index (χ0) is 10.4. The Kier molecular flexibility index (Phi) is 4.13. The van der Waals surface area contributed by atoms with E-state index in [9.17, 15) is 4.79 Å². The van der Waals surface area contributed by atoms with Crippen molar-refractivity contribution in [3.05, 3.63) is 35.4 Å². The fourth-order valence-corrected chi connectivity index (χ4v) is 1.17. The summed E-state index contributed by atoms with van der Waals surface area (Å²) in [6.07, 6.45) is 0.332. The molecule has 0 aliphatic heterocycles. The van der Waals surface area contributed by atoms with Crippen molar-refractivity contribution < 1.29 is 9.53 Å². The summed E-state index contributed by atoms with van der Waals surface area (Å²) >= 11 is 0. The quantitative estimate of drug-likeness (QED) is 0.732. The van der Waals surface area contributed by atoms with Gasteiger partial charge in [-0.1, -0.05) is 24.3 Å². The van der Waals surface area contributed by atoms with Crippen molar-refractivity contribution in [2.24, 2.45) is 5.73 Å². The second-order valence-corrected chi connectivity index (χ2v) is 3.00. The van der Waals surface area contributed by atoms with E-state index in [1.807, 2.05) is 24.3 Å². The first-order valence-electron chi connectivity index (χ1n) is 4.69. The highest BCUT2D eigenvalue weighted by Gasteiger charge is 2.02. The molecule has 0 spiro atoms. The fourth-order valence-electron chi connectivity index (χ4n) is 1.17. The SMILES string of the molecule is CCOC(=O)Cc1ccc(CN)cc1. The first-order chi connectivity index (χ1) is 6.76. The normalized spacial score (nSPS) is 9.86. The number of benzene rings is 1. The Morgan fingerprint density at radius 1 is 1.29 bits per heavy atom. The van der Waals surface area contributed by atoms with E-state index in [2.05, 4.69) is 0 Å². The average Bonchev–Trinajstić information content (AvgIpc) is 2.19. The maximum Gasteiger partial charge on any atom is 0.310 e. The lowest BCUT2D eigenvalue weighted by Crippen LogP contribution is -2.07. The highest BCUT2D eigenvalue weighted by molar-refractivity contribution is 5.72. The minimum Gasteiger partial charge on any atom is -0.466 e. The van der Waals surface area contributed by atoms with Crippen LogP contribution >= 0.6 is 0 Å². The van der Waals surface area contributed by atoms with Gasteiger partial charge < -0.3 is 10.5 Å². The Morgan fingerprint density at radius 2 is 1.86 bits per heavy atom. The van der Waals surface area contributed by atoms with Crippen LogP contribution in [0.1, 0.15) is 18.1 Å². The van der Waals surface area contributed by atoms with Crippen LogP contribution in [0.2, 0.25) is 0 Å². The van der Waals surface area contributed by atoms with Crippen LogP contribution in [0.15, 0.2) is 24.3 Å². The molecule has 0 saturated heterocycles. The van der Waals surface area contributed by atoms with Gasteiger partial charge in [0.05, 0.1) is 13.0 Å². The minimum absolute atomic E-state index is 0.187. The maximum atomic E-state index is 11.1. The van der Waals surface area contributed by atoms with E-state index in [-0.39, 0.29) is 5.97 Å². The Labute approximate surface area is 83.9 Å². The number of hydrogen-bond donors (Lipinski definition) is 1. The lowest BCUT2D eigenvalue weighted by Gasteiger charge is -2.02. The van der Waals surface area contributed by atoms with Crippen LogP contribution in [-0.2, 0) is 22.5 Å². The van der Waals surface area contributed by atoms with Gasteiger partial charge in [0.1, 0.15) is 0 Å². The summed E-state index contributed by atoms with van der Waals surface area (Å²) in [5.74, 6) is -0.187. The van der Waals surface area contributed by atoms with Crippen LogP contribution in [0.3, 0.4) is 0 Å². The molecule has 0 unspecified atom stereocenters. The standard InChI is InChI=1S/C11H15NO2/c1-2-14-11(13)7-9-3-5-10(8-12)6-4-9/h3-6H,2,7-8,12H2,1H3. The largest absolute Gasteiger partial charge is 0.466 e. The molecule has 2 N–H and O–H groups in total. The number of nitrogens with two attached hydrogens (primary N) is 1. The van der Waals surface area contributed by atoms with E-state index in [0.717, 1.165) is 11.1 Å². The third-order valence-corrected chi connectivity index (χ3v) is 1.91. The molecule has 0 aromatic heterocycles. The van der Waals surface area contributed by atoms with Crippen LogP contribution in [0.25, 0.3) is 0 Å². The van der Waals surface area contributed by atoms with Gasteiger partial charge in [-0.3, -0.25) is 4.79 Å². The van der Waals surface area contributed by atoms with Crippen LogP contribution in [-0.4, -0.2) is 12.6 Å². The van der Waals surface area contributed by atoms with Gasteiger partial charge in [-0.2, -0.15) is 0 Å². The number of rotatable bonds is 4. The molecule has 0 heterocycles. The summed E-state index contributed by atoms with van der Waals surface area (Å²) in [5, 5.41) is 0. The molecule has 3 nitrogen and oxygen atoms in total. The van der Waals surface area contributed by atoms with E-state index >= 15 is 0 Å². The number of carbonyl (C=O) groups excluding carboxylic acids is 1. The first-order valence-corrected chi connectivity index (χ1v) is 4.69. The topological polar surface area (TPSA) is 52.3 Å². The van der Waals surface area contributed by atoms with Crippen LogP contribution in [0.5, 0.6) is 0 Å². The Balaban J connectivity index is 2.55. The van der Waals surface area contributed by atoms with Crippen molar-refractivity contribution in [2.45, 2.75) is 19.9 Å². The van der Waals surface area contributed by atoms with Gasteiger partial charge in [-0.25, -0.2) is 0 Å². The van der Waals surface area contributed by atoms with Crippen molar-refractivity contribution in [3.63, 3.8) is 0 Å². The third kappa shape index (κ3) is 3.18. The van der Waals surface area contributed by atoms with Gasteiger partial charge in [-0.05, 0) is 18.1 Å². The molecular weight excluding hydrogens is 178 g/mol. The molecule has 0 atom stereocenters. The second kappa shape index (κ2) is 5.40. The maximum absolute atomic E-state index is 11.1. The molecule has 1 rings (SSSR count). The van der Waals surface area contributed by atoms with Gasteiger partial charge in [0, 0.05) is 6.54 Å². The van der Waals surface area contributed by atoms with E-state index < -0.39 is 0 Å². The van der Waals surface area contributed by atoms with Crippen molar-refractivity contribution >= 4 is 5.97 Å². The summed E-state index contributed by atoms with van der Waals surface area (Å²) in [6, 6.07) is 7.65. The molecule has 0 saturated carbocycles. The predicted molar refractivity (Wildman–Crippen MR) is 54.7 cm³/mol. The fraction of sp³-hybridized carbons (Fsp3) is 0.364. The third-order valence-electron chi connectivity index (χ3n) is 1.91. The Hall–Kier alpha value is -1.35. The molecule has 0 amide bonds. The molecular formula is C11H15NO2. The second-order valence-electron chi connectivity index (χ2n) is 3.00. The zero-order valence-electron chi connectivity index (χ0n) is 8.32. The Morgan fingerprint density at radius 3 is 2.36 bits per heavy atom. The van der Waals surface area contributed by atoms with Crippen LogP contribution < -0.4 is 5.73 Å². The van der Waals surface area contributed by atoms with Gasteiger partial charge in [-0.15, -0.1) is 0 Å². The summed E-state index contributed by atoms with van der Waals surface area (Å²) in [4.78, 5) is 11.1. The zero-order valence-corrected chi connectivity index (χ0v) is 8.32. The monoisotopic (exact) mass is 193 g/mol. The number of carbonyl (C=O) groups is 1. The van der Waals surface area contributed by atoms with E-state index in [0.29, 0.717) is 19.6 Å². The molecule has 0 radical (unpaired) electrons. The molecule has 0 aliphatic rings. The van der Waals surface area contributed by atoms with Crippen molar-refractivity contribution in [1.29, 1.82) is 0 Å². The van der Waals surface area contributed by atoms with Gasteiger partial charge in [0.25, 0.3) is 0 Å². The minimum atomic E-state index is -0.187. The van der Waals surface area contributed by atoms with Gasteiger partial charge in [0.15, 0.2) is 0 Å². The molecule has 0 fully saturated rings. The highest BCUT2D eigenvalue weighted by atomic mass is 16.5. The van der Waals surface area contributed by atoms with Gasteiger partial charge in [0.2, 0.25) is 0 Å². The summed E-state index contributed by atoms with van der Waals surface area (Å²) in [7, 11) is 0. The van der Waals surface area contributed by atoms with E-state index in [1.54, 1.807) is 6.92 Å².